The van der Waals surface area contributed by atoms with E-state index in [1.165, 1.54) is 18.9 Å². The Morgan fingerprint density at radius 2 is 2.00 bits per heavy atom. The third-order valence-corrected chi connectivity index (χ3v) is 4.32. The number of aliphatic hydroxyl groups is 1. The maximum absolute atomic E-state index is 11.9. The van der Waals surface area contributed by atoms with Crippen molar-refractivity contribution in [2.45, 2.75) is 25.4 Å². The van der Waals surface area contributed by atoms with Gasteiger partial charge < -0.3 is 15.6 Å². The molecular formula is C16H20N4O3S. The van der Waals surface area contributed by atoms with Crippen LogP contribution in [-0.2, 0) is 4.74 Å². The van der Waals surface area contributed by atoms with Crippen molar-refractivity contribution in [2.75, 3.05) is 25.2 Å². The van der Waals surface area contributed by atoms with Crippen molar-refractivity contribution in [3.8, 4) is 11.4 Å². The first-order chi connectivity index (χ1) is 11.5. The van der Waals surface area contributed by atoms with E-state index in [4.69, 9.17) is 15.6 Å². The minimum Gasteiger partial charge on any atom is -0.465 e. The van der Waals surface area contributed by atoms with Crippen LogP contribution in [0.3, 0.4) is 0 Å². The Labute approximate surface area is 144 Å². The Morgan fingerprint density at radius 3 is 2.67 bits per heavy atom. The van der Waals surface area contributed by atoms with Gasteiger partial charge in [-0.1, -0.05) is 17.8 Å². The van der Waals surface area contributed by atoms with E-state index in [2.05, 4.69) is 15.0 Å². The molecule has 0 bridgehead atoms. The number of nitrogens with zero attached hydrogens (tertiary/aromatic N) is 3. The lowest BCUT2D eigenvalue weighted by molar-refractivity contribution is 0.0600. The van der Waals surface area contributed by atoms with Gasteiger partial charge in [-0.25, -0.2) is 9.78 Å². The second kappa shape index (κ2) is 8.07. The van der Waals surface area contributed by atoms with E-state index in [0.29, 0.717) is 34.3 Å². The highest BCUT2D eigenvalue weighted by Gasteiger charge is 2.16. The monoisotopic (exact) mass is 348 g/mol. The number of rotatable bonds is 6. The molecule has 0 aliphatic carbocycles. The summed E-state index contributed by atoms with van der Waals surface area (Å²) in [6.07, 6.45) is 0.641. The number of nitrogens with two attached hydrogens (primary N) is 1. The Morgan fingerprint density at radius 1 is 1.25 bits per heavy atom. The molecule has 0 atom stereocenters. The minimum absolute atomic E-state index is 0.111. The lowest BCUT2D eigenvalue weighted by Gasteiger charge is -2.11. The molecule has 7 nitrogen and oxygen atoms in total. The number of aromatic nitrogens is 3. The van der Waals surface area contributed by atoms with Crippen molar-refractivity contribution >= 4 is 23.7 Å². The van der Waals surface area contributed by atoms with Crippen LogP contribution in [0, 0.1) is 13.8 Å². The molecule has 2 rings (SSSR count). The zero-order chi connectivity index (χ0) is 17.7. The zero-order valence-corrected chi connectivity index (χ0v) is 14.7. The molecule has 0 radical (unpaired) electrons. The summed E-state index contributed by atoms with van der Waals surface area (Å²) in [6, 6.07) is 3.60. The number of aryl methyl sites for hydroxylation is 2. The molecule has 1 heterocycles. The van der Waals surface area contributed by atoms with Crippen molar-refractivity contribution < 1.29 is 14.6 Å². The number of anilines is 1. The largest absolute Gasteiger partial charge is 0.465 e. The van der Waals surface area contributed by atoms with Gasteiger partial charge in [-0.05, 0) is 37.5 Å². The van der Waals surface area contributed by atoms with Crippen molar-refractivity contribution in [1.29, 1.82) is 0 Å². The van der Waals surface area contributed by atoms with E-state index in [1.54, 1.807) is 6.07 Å². The van der Waals surface area contributed by atoms with Gasteiger partial charge in [0.2, 0.25) is 5.95 Å². The SMILES string of the molecule is COC(=O)c1cc(-c2nc(N)nc(SCCCO)n2)c(C)cc1C. The maximum atomic E-state index is 11.9. The molecule has 0 fully saturated rings. The molecule has 128 valence electrons. The van der Waals surface area contributed by atoms with Crippen LogP contribution >= 0.6 is 11.8 Å². The van der Waals surface area contributed by atoms with Crippen LogP contribution < -0.4 is 5.73 Å². The maximum Gasteiger partial charge on any atom is 0.338 e. The second-order valence-corrected chi connectivity index (χ2v) is 6.26. The van der Waals surface area contributed by atoms with Gasteiger partial charge in [0.05, 0.1) is 12.7 Å². The van der Waals surface area contributed by atoms with Crippen molar-refractivity contribution in [3.05, 3.63) is 28.8 Å². The molecular weight excluding hydrogens is 328 g/mol. The Kier molecular flexibility index (Phi) is 6.10. The third kappa shape index (κ3) is 4.21. The van der Waals surface area contributed by atoms with Gasteiger partial charge in [0.25, 0.3) is 0 Å². The first kappa shape index (κ1) is 18.2. The zero-order valence-electron chi connectivity index (χ0n) is 13.9. The van der Waals surface area contributed by atoms with Gasteiger partial charge in [-0.3, -0.25) is 0 Å². The highest BCUT2D eigenvalue weighted by Crippen LogP contribution is 2.26. The predicted octanol–water partition coefficient (Wildman–Crippen LogP) is 2.00. The standard InChI is InChI=1S/C16H20N4O3S/c1-9-7-10(2)12(14(22)23-3)8-11(9)13-18-15(17)20-16(19-13)24-6-4-5-21/h7-8,21H,4-6H2,1-3H3,(H2,17,18,19,20). The van der Waals surface area contributed by atoms with Crippen LogP contribution in [0.1, 0.15) is 27.9 Å². The fraction of sp³-hybridized carbons (Fsp3) is 0.375. The highest BCUT2D eigenvalue weighted by atomic mass is 32.2. The lowest BCUT2D eigenvalue weighted by Crippen LogP contribution is -2.07. The molecule has 3 N–H and O–H groups in total. The number of carbonyl (C=O) groups is 1. The number of methoxy groups -OCH3 is 1. The molecule has 2 aromatic rings. The summed E-state index contributed by atoms with van der Waals surface area (Å²) in [5, 5.41) is 9.36. The first-order valence-electron chi connectivity index (χ1n) is 7.41. The molecule has 0 aliphatic rings. The van der Waals surface area contributed by atoms with Crippen LogP contribution in [-0.4, -0.2) is 45.5 Å². The van der Waals surface area contributed by atoms with Crippen LogP contribution in [0.5, 0.6) is 0 Å². The fourth-order valence-corrected chi connectivity index (χ4v) is 2.97. The molecule has 0 spiro atoms. The Balaban J connectivity index is 2.45. The number of ether oxygens (including phenoxy) is 1. The van der Waals surface area contributed by atoms with Gasteiger partial charge in [0.1, 0.15) is 0 Å². The van der Waals surface area contributed by atoms with E-state index in [9.17, 15) is 4.79 Å². The van der Waals surface area contributed by atoms with Crippen LogP contribution in [0.25, 0.3) is 11.4 Å². The van der Waals surface area contributed by atoms with Crippen LogP contribution in [0.15, 0.2) is 17.3 Å². The number of carbonyl (C=O) groups excluding carboxylic acids is 1. The number of esters is 1. The van der Waals surface area contributed by atoms with E-state index >= 15 is 0 Å². The Bertz CT molecular complexity index is 752. The molecule has 0 unspecified atom stereocenters. The molecule has 0 saturated carbocycles. The quantitative estimate of drug-likeness (QED) is 0.463. The number of hydrogen-bond acceptors (Lipinski definition) is 8. The molecule has 24 heavy (non-hydrogen) atoms. The van der Waals surface area contributed by atoms with Crippen molar-refractivity contribution in [3.63, 3.8) is 0 Å². The number of benzene rings is 1. The Hall–Kier alpha value is -2.19. The second-order valence-electron chi connectivity index (χ2n) is 5.20. The highest BCUT2D eigenvalue weighted by molar-refractivity contribution is 7.99. The summed E-state index contributed by atoms with van der Waals surface area (Å²) < 4.78 is 4.82. The topological polar surface area (TPSA) is 111 Å². The van der Waals surface area contributed by atoms with E-state index in [-0.39, 0.29) is 12.6 Å². The number of hydrogen-bond donors (Lipinski definition) is 2. The van der Waals surface area contributed by atoms with Gasteiger partial charge in [0, 0.05) is 17.9 Å². The molecule has 8 heteroatoms. The van der Waals surface area contributed by atoms with Gasteiger partial charge >= 0.3 is 5.97 Å². The summed E-state index contributed by atoms with van der Waals surface area (Å²) in [4.78, 5) is 24.6. The summed E-state index contributed by atoms with van der Waals surface area (Å²) >= 11 is 1.40. The van der Waals surface area contributed by atoms with E-state index in [1.807, 2.05) is 19.9 Å². The van der Waals surface area contributed by atoms with E-state index in [0.717, 1.165) is 11.1 Å². The smallest absolute Gasteiger partial charge is 0.338 e. The van der Waals surface area contributed by atoms with Gasteiger partial charge in [-0.15, -0.1) is 0 Å². The number of aliphatic hydroxyl groups excluding tert-OH is 1. The fourth-order valence-electron chi connectivity index (χ4n) is 2.21. The van der Waals surface area contributed by atoms with Crippen LogP contribution in [0.2, 0.25) is 0 Å². The number of nitrogen functional groups attached to an aromatic ring is 1. The van der Waals surface area contributed by atoms with Gasteiger partial charge in [-0.2, -0.15) is 9.97 Å². The molecule has 1 aromatic carbocycles. The average molecular weight is 348 g/mol. The van der Waals surface area contributed by atoms with E-state index < -0.39 is 5.97 Å². The predicted molar refractivity (Wildman–Crippen MR) is 92.9 cm³/mol. The lowest BCUT2D eigenvalue weighted by atomic mass is 9.99. The van der Waals surface area contributed by atoms with Crippen LogP contribution in [0.4, 0.5) is 5.95 Å². The van der Waals surface area contributed by atoms with Crippen molar-refractivity contribution in [1.82, 2.24) is 15.0 Å². The molecule has 1 aromatic heterocycles. The third-order valence-electron chi connectivity index (χ3n) is 3.38. The summed E-state index contributed by atoms with van der Waals surface area (Å²) in [7, 11) is 1.35. The number of thioether (sulfide) groups is 1. The molecule has 0 amide bonds. The van der Waals surface area contributed by atoms with Crippen molar-refractivity contribution in [2.24, 2.45) is 0 Å². The molecule has 0 aliphatic heterocycles. The summed E-state index contributed by atoms with van der Waals surface area (Å²) in [5.74, 6) is 0.802. The normalized spacial score (nSPS) is 10.7. The minimum atomic E-state index is -0.409. The molecule has 0 saturated heterocycles. The summed E-state index contributed by atoms with van der Waals surface area (Å²) in [6.45, 7) is 3.88. The van der Waals surface area contributed by atoms with Gasteiger partial charge in [0.15, 0.2) is 11.0 Å². The first-order valence-corrected chi connectivity index (χ1v) is 8.40. The summed E-state index contributed by atoms with van der Waals surface area (Å²) in [5.41, 5.74) is 8.71. The average Bonchev–Trinajstić information content (AvgIpc) is 2.54.